The van der Waals surface area contributed by atoms with E-state index < -0.39 is 0 Å². The maximum absolute atomic E-state index is 6.16. The van der Waals surface area contributed by atoms with Gasteiger partial charge in [0.2, 0.25) is 5.89 Å². The highest BCUT2D eigenvalue weighted by Crippen LogP contribution is 2.39. The quantitative estimate of drug-likeness (QED) is 0.903. The second-order valence-corrected chi connectivity index (χ2v) is 6.98. The first kappa shape index (κ1) is 17.4. The standard InChI is InChI=1S/C14H17ClN4OS.ClH/c1-9-4-5-19(8-13-17-14(7-16)20-18-13)11-6-10(15)2-3-12(11)21-9;/h2-3,6,9H,4-5,7-8,16H2,1H3;1H. The average molecular weight is 361 g/mol. The van der Waals surface area contributed by atoms with Crippen LogP contribution in [0.4, 0.5) is 5.69 Å². The summed E-state index contributed by atoms with van der Waals surface area (Å²) in [5.74, 6) is 1.12. The summed E-state index contributed by atoms with van der Waals surface area (Å²) in [5.41, 5.74) is 6.64. The first-order chi connectivity index (χ1) is 10.2. The molecule has 2 N–H and O–H groups in total. The second-order valence-electron chi connectivity index (χ2n) is 5.06. The Hall–Kier alpha value is -0.950. The summed E-state index contributed by atoms with van der Waals surface area (Å²) in [7, 11) is 0. The van der Waals surface area contributed by atoms with Crippen LogP contribution < -0.4 is 10.6 Å². The lowest BCUT2D eigenvalue weighted by Crippen LogP contribution is -2.25. The van der Waals surface area contributed by atoms with Crippen LogP contribution in [-0.4, -0.2) is 21.9 Å². The van der Waals surface area contributed by atoms with Crippen LogP contribution >= 0.6 is 35.8 Å². The molecule has 22 heavy (non-hydrogen) atoms. The fraction of sp³-hybridized carbons (Fsp3) is 0.429. The maximum atomic E-state index is 6.16. The largest absolute Gasteiger partial charge is 0.363 e. The van der Waals surface area contributed by atoms with Crippen LogP contribution in [0.15, 0.2) is 27.6 Å². The van der Waals surface area contributed by atoms with Crippen molar-refractivity contribution in [3.8, 4) is 0 Å². The van der Waals surface area contributed by atoms with Gasteiger partial charge in [-0.25, -0.2) is 0 Å². The van der Waals surface area contributed by atoms with Gasteiger partial charge in [-0.3, -0.25) is 0 Å². The Labute approximate surface area is 145 Å². The van der Waals surface area contributed by atoms with Gasteiger partial charge < -0.3 is 15.2 Å². The molecule has 1 aromatic carbocycles. The highest BCUT2D eigenvalue weighted by molar-refractivity contribution is 8.00. The van der Waals surface area contributed by atoms with E-state index >= 15 is 0 Å². The third kappa shape index (κ3) is 3.87. The Morgan fingerprint density at radius 1 is 1.50 bits per heavy atom. The van der Waals surface area contributed by atoms with Crippen molar-refractivity contribution in [2.45, 2.75) is 36.6 Å². The Morgan fingerprint density at radius 2 is 2.32 bits per heavy atom. The molecular weight excluding hydrogens is 343 g/mol. The molecule has 3 rings (SSSR count). The number of rotatable bonds is 3. The van der Waals surface area contributed by atoms with Gasteiger partial charge in [-0.05, 0) is 24.6 Å². The van der Waals surface area contributed by atoms with Crippen molar-refractivity contribution in [2.75, 3.05) is 11.4 Å². The number of hydrogen-bond acceptors (Lipinski definition) is 6. The van der Waals surface area contributed by atoms with E-state index in [-0.39, 0.29) is 19.0 Å². The van der Waals surface area contributed by atoms with Gasteiger partial charge in [0, 0.05) is 21.7 Å². The molecule has 0 amide bonds. The van der Waals surface area contributed by atoms with Gasteiger partial charge in [0.05, 0.1) is 18.8 Å². The highest BCUT2D eigenvalue weighted by Gasteiger charge is 2.21. The second kappa shape index (κ2) is 7.55. The molecular formula is C14H18Cl2N4OS. The number of halogens is 2. The smallest absolute Gasteiger partial charge is 0.240 e. The molecule has 8 heteroatoms. The lowest BCUT2D eigenvalue weighted by atomic mass is 10.2. The normalized spacial score (nSPS) is 17.6. The Balaban J connectivity index is 0.00000176. The van der Waals surface area contributed by atoms with Crippen LogP contribution in [0.5, 0.6) is 0 Å². The molecule has 1 aliphatic heterocycles. The summed E-state index contributed by atoms with van der Waals surface area (Å²) in [6.45, 7) is 4.05. The van der Waals surface area contributed by atoms with Crippen molar-refractivity contribution >= 4 is 41.5 Å². The zero-order valence-electron chi connectivity index (χ0n) is 12.2. The number of aromatic nitrogens is 2. The van der Waals surface area contributed by atoms with Crippen LogP contribution in [0.2, 0.25) is 5.02 Å². The minimum Gasteiger partial charge on any atom is -0.363 e. The molecule has 2 aromatic rings. The molecule has 0 radical (unpaired) electrons. The summed E-state index contributed by atoms with van der Waals surface area (Å²) < 4.78 is 5.08. The van der Waals surface area contributed by atoms with Crippen molar-refractivity contribution in [2.24, 2.45) is 5.73 Å². The minimum absolute atomic E-state index is 0. The van der Waals surface area contributed by atoms with E-state index in [0.29, 0.717) is 23.5 Å². The monoisotopic (exact) mass is 360 g/mol. The molecule has 1 unspecified atom stereocenters. The van der Waals surface area contributed by atoms with E-state index in [1.54, 1.807) is 0 Å². The Morgan fingerprint density at radius 3 is 3.05 bits per heavy atom. The molecule has 0 bridgehead atoms. The minimum atomic E-state index is 0. The lowest BCUT2D eigenvalue weighted by molar-refractivity contribution is 0.374. The number of benzene rings is 1. The number of nitrogens with two attached hydrogens (primary N) is 1. The number of fused-ring (bicyclic) bond motifs is 1. The van der Waals surface area contributed by atoms with Gasteiger partial charge in [0.1, 0.15) is 0 Å². The molecule has 0 aliphatic carbocycles. The van der Waals surface area contributed by atoms with Crippen LogP contribution in [0.25, 0.3) is 0 Å². The van der Waals surface area contributed by atoms with Crippen LogP contribution in [0, 0.1) is 0 Å². The maximum Gasteiger partial charge on any atom is 0.240 e. The first-order valence-electron chi connectivity index (χ1n) is 6.88. The first-order valence-corrected chi connectivity index (χ1v) is 8.14. The van der Waals surface area contributed by atoms with Crippen LogP contribution in [-0.2, 0) is 13.1 Å². The molecule has 5 nitrogen and oxygen atoms in total. The third-order valence-corrected chi connectivity index (χ3v) is 4.88. The van der Waals surface area contributed by atoms with Gasteiger partial charge in [0.15, 0.2) is 5.82 Å². The molecule has 2 heterocycles. The van der Waals surface area contributed by atoms with Crippen molar-refractivity contribution in [1.82, 2.24) is 10.1 Å². The molecule has 1 aliphatic rings. The fourth-order valence-electron chi connectivity index (χ4n) is 2.34. The van der Waals surface area contributed by atoms with Crippen molar-refractivity contribution < 1.29 is 4.52 Å². The van der Waals surface area contributed by atoms with Gasteiger partial charge in [-0.1, -0.05) is 23.7 Å². The Bertz CT molecular complexity index is 637. The van der Waals surface area contributed by atoms with Gasteiger partial charge in [-0.2, -0.15) is 4.98 Å². The van der Waals surface area contributed by atoms with Crippen LogP contribution in [0.3, 0.4) is 0 Å². The van der Waals surface area contributed by atoms with Gasteiger partial charge in [0.25, 0.3) is 0 Å². The predicted octanol–water partition coefficient (Wildman–Crippen LogP) is 3.49. The Kier molecular flexibility index (Phi) is 5.97. The lowest BCUT2D eigenvalue weighted by Gasteiger charge is -2.23. The van der Waals surface area contributed by atoms with E-state index in [1.165, 1.54) is 4.90 Å². The van der Waals surface area contributed by atoms with E-state index in [9.17, 15) is 0 Å². The van der Waals surface area contributed by atoms with E-state index in [0.717, 1.165) is 23.7 Å². The molecule has 0 spiro atoms. The summed E-state index contributed by atoms with van der Waals surface area (Å²) >= 11 is 8.04. The summed E-state index contributed by atoms with van der Waals surface area (Å²) in [5, 5.41) is 5.29. The topological polar surface area (TPSA) is 68.2 Å². The fourth-order valence-corrected chi connectivity index (χ4v) is 3.62. The van der Waals surface area contributed by atoms with Crippen molar-refractivity contribution in [1.29, 1.82) is 0 Å². The number of thioether (sulfide) groups is 1. The molecule has 1 atom stereocenters. The molecule has 0 saturated heterocycles. The number of nitrogens with zero attached hydrogens (tertiary/aromatic N) is 3. The molecule has 120 valence electrons. The van der Waals surface area contributed by atoms with Gasteiger partial charge >= 0.3 is 0 Å². The van der Waals surface area contributed by atoms with E-state index in [1.807, 2.05) is 23.9 Å². The van der Waals surface area contributed by atoms with E-state index in [4.69, 9.17) is 21.9 Å². The van der Waals surface area contributed by atoms with E-state index in [2.05, 4.69) is 28.0 Å². The van der Waals surface area contributed by atoms with Gasteiger partial charge in [-0.15, -0.1) is 24.2 Å². The van der Waals surface area contributed by atoms with Crippen molar-refractivity contribution in [3.63, 3.8) is 0 Å². The zero-order valence-corrected chi connectivity index (χ0v) is 14.5. The number of anilines is 1. The summed E-state index contributed by atoms with van der Waals surface area (Å²) in [6, 6.07) is 6.02. The number of hydrogen-bond donors (Lipinski definition) is 1. The van der Waals surface area contributed by atoms with Crippen LogP contribution in [0.1, 0.15) is 25.1 Å². The third-order valence-electron chi connectivity index (χ3n) is 3.41. The summed E-state index contributed by atoms with van der Waals surface area (Å²) in [4.78, 5) is 7.78. The highest BCUT2D eigenvalue weighted by atomic mass is 35.5. The average Bonchev–Trinajstić information content (AvgIpc) is 2.87. The van der Waals surface area contributed by atoms with Crippen molar-refractivity contribution in [3.05, 3.63) is 34.9 Å². The summed E-state index contributed by atoms with van der Waals surface area (Å²) in [6.07, 6.45) is 1.10. The molecule has 0 saturated carbocycles. The zero-order chi connectivity index (χ0) is 14.8. The predicted molar refractivity (Wildman–Crippen MR) is 91.9 cm³/mol. The molecule has 1 aromatic heterocycles. The molecule has 0 fully saturated rings. The SMILES string of the molecule is CC1CCN(Cc2noc(CN)n2)c2cc(Cl)ccc2S1.Cl.